The minimum absolute atomic E-state index is 0.936. The molecule has 15 heavy (non-hydrogen) atoms. The van der Waals surface area contributed by atoms with Crippen LogP contribution >= 0.6 is 0 Å². The molecule has 3 unspecified atom stereocenters. The third-order valence-corrected chi connectivity index (χ3v) is 4.49. The van der Waals surface area contributed by atoms with E-state index in [2.05, 4.69) is 13.8 Å². The Morgan fingerprint density at radius 3 is 2.07 bits per heavy atom. The highest BCUT2D eigenvalue weighted by molar-refractivity contribution is 4.86. The molecular weight excluding hydrogens is 180 g/mol. The zero-order valence-corrected chi connectivity index (χ0v) is 11.3. The lowest BCUT2D eigenvalue weighted by atomic mass is 9.63. The predicted octanol–water partition coefficient (Wildman–Crippen LogP) is 5.28. The van der Waals surface area contributed by atoms with Gasteiger partial charge in [-0.3, -0.25) is 0 Å². The predicted molar refractivity (Wildman–Crippen MR) is 69.0 cm³/mol. The molecule has 3 atom stereocenters. The van der Waals surface area contributed by atoms with E-state index in [0.29, 0.717) is 0 Å². The van der Waals surface area contributed by atoms with Crippen molar-refractivity contribution in [2.24, 2.45) is 23.7 Å². The Morgan fingerprint density at radius 1 is 0.800 bits per heavy atom. The lowest BCUT2D eigenvalue weighted by Gasteiger charge is -2.43. The van der Waals surface area contributed by atoms with Crippen LogP contribution in [0.2, 0.25) is 0 Å². The molecule has 2 rings (SSSR count). The highest BCUT2D eigenvalue weighted by Crippen LogP contribution is 2.46. The average molecular weight is 210 g/mol. The van der Waals surface area contributed by atoms with Crippen molar-refractivity contribution in [1.82, 2.24) is 0 Å². The molecule has 2 aliphatic rings. The molecule has 0 aromatic rings. The standard InChI is InChI=1S/C13H24.C2H6/c1-10(2)12-9-5-7-11-6-3-4-8-13(11)12;1-2/h10-13H,3-9H2,1-2H3;1-2H3. The fraction of sp³-hybridized carbons (Fsp3) is 1.00. The molecule has 0 amide bonds. The van der Waals surface area contributed by atoms with Gasteiger partial charge in [-0.25, -0.2) is 0 Å². The van der Waals surface area contributed by atoms with Crippen LogP contribution in [0.5, 0.6) is 0 Å². The minimum Gasteiger partial charge on any atom is -0.0683 e. The summed E-state index contributed by atoms with van der Waals surface area (Å²) in [5, 5.41) is 0. The largest absolute Gasteiger partial charge is 0.0683 e. The fourth-order valence-corrected chi connectivity index (χ4v) is 3.82. The van der Waals surface area contributed by atoms with Gasteiger partial charge in [0.05, 0.1) is 0 Å². The number of hydrogen-bond donors (Lipinski definition) is 0. The quantitative estimate of drug-likeness (QED) is 0.552. The Kier molecular flexibility index (Phi) is 5.71. The second-order valence-electron chi connectivity index (χ2n) is 5.55. The van der Waals surface area contributed by atoms with Crippen LogP contribution in [-0.2, 0) is 0 Å². The zero-order chi connectivity index (χ0) is 11.3. The number of hydrogen-bond acceptors (Lipinski definition) is 0. The van der Waals surface area contributed by atoms with Gasteiger partial charge < -0.3 is 0 Å². The van der Waals surface area contributed by atoms with Crippen molar-refractivity contribution in [2.75, 3.05) is 0 Å². The molecule has 0 radical (unpaired) electrons. The Labute approximate surface area is 96.8 Å². The molecule has 2 saturated carbocycles. The van der Waals surface area contributed by atoms with Crippen LogP contribution in [0.4, 0.5) is 0 Å². The second-order valence-corrected chi connectivity index (χ2v) is 5.55. The van der Waals surface area contributed by atoms with Crippen molar-refractivity contribution >= 4 is 0 Å². The van der Waals surface area contributed by atoms with E-state index in [4.69, 9.17) is 0 Å². The highest BCUT2D eigenvalue weighted by Gasteiger charge is 2.35. The highest BCUT2D eigenvalue weighted by atomic mass is 14.4. The third kappa shape index (κ3) is 3.23. The Bertz CT molecular complexity index is 157. The Morgan fingerprint density at radius 2 is 1.40 bits per heavy atom. The van der Waals surface area contributed by atoms with Crippen molar-refractivity contribution in [3.05, 3.63) is 0 Å². The van der Waals surface area contributed by atoms with Crippen LogP contribution in [0.25, 0.3) is 0 Å². The van der Waals surface area contributed by atoms with Crippen molar-refractivity contribution in [3.63, 3.8) is 0 Å². The fourth-order valence-electron chi connectivity index (χ4n) is 3.82. The van der Waals surface area contributed by atoms with E-state index in [-0.39, 0.29) is 0 Å². The Balaban J connectivity index is 0.000000531. The molecule has 0 heteroatoms. The molecule has 0 saturated heterocycles. The van der Waals surface area contributed by atoms with Crippen LogP contribution in [-0.4, -0.2) is 0 Å². The van der Waals surface area contributed by atoms with Gasteiger partial charge in [0.1, 0.15) is 0 Å². The summed E-state index contributed by atoms with van der Waals surface area (Å²) in [7, 11) is 0. The van der Waals surface area contributed by atoms with Gasteiger partial charge in [-0.2, -0.15) is 0 Å². The van der Waals surface area contributed by atoms with Gasteiger partial charge in [-0.1, -0.05) is 59.8 Å². The molecule has 2 aliphatic carbocycles. The van der Waals surface area contributed by atoms with Gasteiger partial charge in [0.15, 0.2) is 0 Å². The first-order chi connectivity index (χ1) is 7.29. The molecular formula is C15H30. The first-order valence-electron chi connectivity index (χ1n) is 7.29. The van der Waals surface area contributed by atoms with Gasteiger partial charge in [-0.15, -0.1) is 0 Å². The van der Waals surface area contributed by atoms with Crippen molar-refractivity contribution in [3.8, 4) is 0 Å². The summed E-state index contributed by atoms with van der Waals surface area (Å²) in [6.07, 6.45) is 10.7. The molecule has 0 N–H and O–H groups in total. The molecule has 0 aliphatic heterocycles. The topological polar surface area (TPSA) is 0 Å². The van der Waals surface area contributed by atoms with E-state index in [1.165, 1.54) is 25.7 Å². The molecule has 0 nitrogen and oxygen atoms in total. The van der Waals surface area contributed by atoms with Crippen LogP contribution in [0, 0.1) is 23.7 Å². The minimum atomic E-state index is 0.936. The first-order valence-corrected chi connectivity index (χ1v) is 7.29. The summed E-state index contributed by atoms with van der Waals surface area (Å²) in [6.45, 7) is 8.86. The van der Waals surface area contributed by atoms with Crippen molar-refractivity contribution in [2.45, 2.75) is 72.6 Å². The van der Waals surface area contributed by atoms with E-state index in [0.717, 1.165) is 23.7 Å². The second kappa shape index (κ2) is 6.55. The maximum absolute atomic E-state index is 2.43. The van der Waals surface area contributed by atoms with Gasteiger partial charge in [0.25, 0.3) is 0 Å². The van der Waals surface area contributed by atoms with E-state index in [1.807, 2.05) is 13.8 Å². The molecule has 0 bridgehead atoms. The molecule has 0 aromatic heterocycles. The molecule has 90 valence electrons. The van der Waals surface area contributed by atoms with Gasteiger partial charge >= 0.3 is 0 Å². The molecule has 0 spiro atoms. The molecule has 2 fully saturated rings. The number of fused-ring (bicyclic) bond motifs is 1. The van der Waals surface area contributed by atoms with Crippen LogP contribution < -0.4 is 0 Å². The zero-order valence-electron chi connectivity index (χ0n) is 11.3. The van der Waals surface area contributed by atoms with Crippen molar-refractivity contribution in [1.29, 1.82) is 0 Å². The first kappa shape index (κ1) is 13.1. The molecule has 0 aromatic carbocycles. The maximum atomic E-state index is 2.43. The summed E-state index contributed by atoms with van der Waals surface area (Å²) in [5.41, 5.74) is 0. The molecule has 0 heterocycles. The van der Waals surface area contributed by atoms with E-state index in [9.17, 15) is 0 Å². The van der Waals surface area contributed by atoms with Crippen LogP contribution in [0.3, 0.4) is 0 Å². The van der Waals surface area contributed by atoms with Crippen LogP contribution in [0.15, 0.2) is 0 Å². The summed E-state index contributed by atoms with van der Waals surface area (Å²) < 4.78 is 0. The SMILES string of the molecule is CC.CC(C)C1CCCC2CCCCC21. The lowest BCUT2D eigenvalue weighted by molar-refractivity contribution is 0.0747. The summed E-state index contributed by atoms with van der Waals surface area (Å²) in [6, 6.07) is 0. The van der Waals surface area contributed by atoms with E-state index in [1.54, 1.807) is 19.3 Å². The summed E-state index contributed by atoms with van der Waals surface area (Å²) in [5.74, 6) is 4.24. The van der Waals surface area contributed by atoms with Gasteiger partial charge in [0.2, 0.25) is 0 Å². The van der Waals surface area contributed by atoms with Crippen LogP contribution in [0.1, 0.15) is 72.6 Å². The maximum Gasteiger partial charge on any atom is -0.0355 e. The normalized spacial score (nSPS) is 35.4. The average Bonchev–Trinajstić information content (AvgIpc) is 2.31. The monoisotopic (exact) mass is 210 g/mol. The van der Waals surface area contributed by atoms with Crippen molar-refractivity contribution < 1.29 is 0 Å². The summed E-state index contributed by atoms with van der Waals surface area (Å²) >= 11 is 0. The number of rotatable bonds is 1. The van der Waals surface area contributed by atoms with E-state index < -0.39 is 0 Å². The summed E-state index contributed by atoms with van der Waals surface area (Å²) in [4.78, 5) is 0. The lowest BCUT2D eigenvalue weighted by Crippen LogP contribution is -2.33. The third-order valence-electron chi connectivity index (χ3n) is 4.49. The van der Waals surface area contributed by atoms with Gasteiger partial charge in [0, 0.05) is 0 Å². The smallest absolute Gasteiger partial charge is 0.0355 e. The Hall–Kier alpha value is 0. The van der Waals surface area contributed by atoms with Gasteiger partial charge in [-0.05, 0) is 36.5 Å². The van der Waals surface area contributed by atoms with E-state index >= 15 is 0 Å².